The van der Waals surface area contributed by atoms with Crippen LogP contribution < -0.4 is 0 Å². The fourth-order valence-corrected chi connectivity index (χ4v) is 2.40. The lowest BCUT2D eigenvalue weighted by Crippen LogP contribution is -2.05. The third-order valence-corrected chi connectivity index (χ3v) is 3.98. The maximum absolute atomic E-state index is 12.0. The van der Waals surface area contributed by atoms with Gasteiger partial charge in [0.15, 0.2) is 5.78 Å². The molecule has 7 heteroatoms. The average Bonchev–Trinajstić information content (AvgIpc) is 2.64. The van der Waals surface area contributed by atoms with Gasteiger partial charge in [-0.05, 0) is 30.2 Å². The van der Waals surface area contributed by atoms with Crippen LogP contribution in [0.2, 0.25) is 0 Å². The first-order valence-corrected chi connectivity index (χ1v) is 8.63. The van der Waals surface area contributed by atoms with Gasteiger partial charge in [-0.15, -0.1) is 0 Å². The van der Waals surface area contributed by atoms with Crippen molar-refractivity contribution in [2.24, 2.45) is 0 Å². The Morgan fingerprint density at radius 2 is 1.88 bits per heavy atom. The summed E-state index contributed by atoms with van der Waals surface area (Å²) in [5.74, 6) is -0.576. The molecule has 0 N–H and O–H groups in total. The molecule has 2 rings (SSSR count). The van der Waals surface area contributed by atoms with Gasteiger partial charge in [-0.25, -0.2) is 4.79 Å². The predicted octanol–water partition coefficient (Wildman–Crippen LogP) is 4.58. The molecule has 0 amide bonds. The number of non-ortho nitro benzene ring substituents is 1. The largest absolute Gasteiger partial charge is 0.463 e. The number of nitrogens with zero attached hydrogens (tertiary/aromatic N) is 1. The second-order valence-electron chi connectivity index (χ2n) is 5.39. The van der Waals surface area contributed by atoms with Crippen molar-refractivity contribution in [2.45, 2.75) is 12.8 Å². The van der Waals surface area contributed by atoms with Gasteiger partial charge in [0.2, 0.25) is 0 Å². The smallest absolute Gasteiger partial charge is 0.330 e. The summed E-state index contributed by atoms with van der Waals surface area (Å²) in [7, 11) is 0. The Labute approximate surface area is 158 Å². The van der Waals surface area contributed by atoms with Gasteiger partial charge in [0.05, 0.1) is 11.5 Å². The molecule has 0 aromatic heterocycles. The molecule has 0 saturated carbocycles. The minimum Gasteiger partial charge on any atom is -0.463 e. The zero-order valence-electron chi connectivity index (χ0n) is 13.8. The molecule has 0 heterocycles. The summed E-state index contributed by atoms with van der Waals surface area (Å²) < 4.78 is 5.93. The van der Waals surface area contributed by atoms with Crippen molar-refractivity contribution in [3.8, 4) is 0 Å². The Balaban J connectivity index is 1.75. The molecule has 0 radical (unpaired) electrons. The van der Waals surface area contributed by atoms with Gasteiger partial charge in [-0.2, -0.15) is 0 Å². The molecule has 0 fully saturated rings. The number of carbonyl (C=O) groups is 2. The van der Waals surface area contributed by atoms with Crippen molar-refractivity contribution in [3.63, 3.8) is 0 Å². The Bertz CT molecular complexity index is 830. The van der Waals surface area contributed by atoms with Gasteiger partial charge in [-0.1, -0.05) is 40.2 Å². The Kier molecular flexibility index (Phi) is 7.23. The summed E-state index contributed by atoms with van der Waals surface area (Å²) in [5, 5.41) is 10.7. The molecule has 2 aromatic rings. The highest BCUT2D eigenvalue weighted by atomic mass is 79.9. The lowest BCUT2D eigenvalue weighted by atomic mass is 10.1. The fraction of sp³-hybridized carbons (Fsp3) is 0.158. The van der Waals surface area contributed by atoms with Crippen molar-refractivity contribution < 1.29 is 19.2 Å². The summed E-state index contributed by atoms with van der Waals surface area (Å²) in [6.07, 6.45) is 3.35. The number of nitro groups is 1. The number of hydrogen-bond acceptors (Lipinski definition) is 5. The van der Waals surface area contributed by atoms with E-state index in [1.807, 2.05) is 0 Å². The van der Waals surface area contributed by atoms with Crippen LogP contribution in [-0.4, -0.2) is 23.3 Å². The van der Waals surface area contributed by atoms with Crippen LogP contribution in [0.25, 0.3) is 6.08 Å². The van der Waals surface area contributed by atoms with Crippen LogP contribution in [0.15, 0.2) is 59.1 Å². The highest BCUT2D eigenvalue weighted by Crippen LogP contribution is 2.14. The molecule has 2 aromatic carbocycles. The van der Waals surface area contributed by atoms with E-state index in [0.29, 0.717) is 17.5 Å². The molecular weight excluding hydrogens is 402 g/mol. The Hall–Kier alpha value is -2.80. The van der Waals surface area contributed by atoms with Crippen LogP contribution in [0, 0.1) is 10.1 Å². The van der Waals surface area contributed by atoms with Gasteiger partial charge in [-0.3, -0.25) is 14.9 Å². The van der Waals surface area contributed by atoms with Crippen LogP contribution in [0.3, 0.4) is 0 Å². The highest BCUT2D eigenvalue weighted by molar-refractivity contribution is 9.10. The number of carbonyl (C=O) groups excluding carboxylic acids is 2. The van der Waals surface area contributed by atoms with Crippen LogP contribution >= 0.6 is 15.9 Å². The first-order valence-electron chi connectivity index (χ1n) is 7.84. The minimum absolute atomic E-state index is 0.0133. The van der Waals surface area contributed by atoms with Crippen LogP contribution in [0.1, 0.15) is 28.8 Å². The van der Waals surface area contributed by atoms with E-state index in [2.05, 4.69) is 15.9 Å². The second-order valence-corrected chi connectivity index (χ2v) is 6.30. The minimum atomic E-state index is -0.562. The molecular formula is C19H16BrNO5. The molecule has 0 atom stereocenters. The molecule has 0 aliphatic heterocycles. The van der Waals surface area contributed by atoms with E-state index < -0.39 is 10.9 Å². The average molecular weight is 418 g/mol. The fourth-order valence-electron chi connectivity index (χ4n) is 2.14. The van der Waals surface area contributed by atoms with E-state index in [4.69, 9.17) is 4.74 Å². The van der Waals surface area contributed by atoms with E-state index in [0.717, 1.165) is 4.47 Å². The summed E-state index contributed by atoms with van der Waals surface area (Å²) in [6, 6.07) is 13.0. The summed E-state index contributed by atoms with van der Waals surface area (Å²) in [5.41, 5.74) is 1.10. The molecule has 0 bridgehead atoms. The van der Waals surface area contributed by atoms with E-state index in [-0.39, 0.29) is 24.5 Å². The molecule has 26 heavy (non-hydrogen) atoms. The Morgan fingerprint density at radius 3 is 2.58 bits per heavy atom. The zero-order chi connectivity index (χ0) is 18.9. The third-order valence-electron chi connectivity index (χ3n) is 3.45. The SMILES string of the molecule is O=C(C=Cc1cccc([N+](=O)[O-])c1)OCCCC(=O)c1ccc(Br)cc1. The molecule has 134 valence electrons. The summed E-state index contributed by atoms with van der Waals surface area (Å²) in [6.45, 7) is 0.125. The molecule has 0 aliphatic carbocycles. The Morgan fingerprint density at radius 1 is 1.15 bits per heavy atom. The molecule has 6 nitrogen and oxygen atoms in total. The maximum atomic E-state index is 12.0. The molecule has 0 aliphatic rings. The van der Waals surface area contributed by atoms with Gasteiger partial charge in [0.1, 0.15) is 0 Å². The number of ketones is 1. The van der Waals surface area contributed by atoms with Crippen LogP contribution in [0.5, 0.6) is 0 Å². The van der Waals surface area contributed by atoms with Crippen molar-refractivity contribution in [1.82, 2.24) is 0 Å². The molecule has 0 saturated heterocycles. The first-order chi connectivity index (χ1) is 12.5. The van der Waals surface area contributed by atoms with Gasteiger partial charge in [0, 0.05) is 34.7 Å². The second kappa shape index (κ2) is 9.62. The van der Waals surface area contributed by atoms with E-state index in [9.17, 15) is 19.7 Å². The number of Topliss-reactive ketones (excluding diaryl/α,β-unsaturated/α-hetero) is 1. The summed E-state index contributed by atoms with van der Waals surface area (Å²) in [4.78, 5) is 33.8. The van der Waals surface area contributed by atoms with Crippen LogP contribution in [0.4, 0.5) is 5.69 Å². The van der Waals surface area contributed by atoms with Gasteiger partial charge >= 0.3 is 5.97 Å². The number of benzene rings is 2. The van der Waals surface area contributed by atoms with Crippen molar-refractivity contribution in [2.75, 3.05) is 6.61 Å². The van der Waals surface area contributed by atoms with Gasteiger partial charge in [0.25, 0.3) is 5.69 Å². The molecule has 0 unspecified atom stereocenters. The number of ether oxygens (including phenoxy) is 1. The zero-order valence-corrected chi connectivity index (χ0v) is 15.3. The number of nitro benzene ring substituents is 1. The number of hydrogen-bond donors (Lipinski definition) is 0. The number of halogens is 1. The van der Waals surface area contributed by atoms with Crippen molar-refractivity contribution in [3.05, 3.63) is 80.3 Å². The van der Waals surface area contributed by atoms with E-state index >= 15 is 0 Å². The highest BCUT2D eigenvalue weighted by Gasteiger charge is 2.07. The normalized spacial score (nSPS) is 10.7. The quantitative estimate of drug-likeness (QED) is 0.156. The van der Waals surface area contributed by atoms with Gasteiger partial charge < -0.3 is 4.74 Å². The van der Waals surface area contributed by atoms with Crippen molar-refractivity contribution in [1.29, 1.82) is 0 Å². The predicted molar refractivity (Wildman–Crippen MR) is 101 cm³/mol. The van der Waals surface area contributed by atoms with E-state index in [1.54, 1.807) is 30.3 Å². The molecule has 0 spiro atoms. The number of esters is 1. The number of rotatable bonds is 8. The lowest BCUT2D eigenvalue weighted by Gasteiger charge is -2.03. The first kappa shape index (κ1) is 19.5. The maximum Gasteiger partial charge on any atom is 0.330 e. The van der Waals surface area contributed by atoms with Crippen molar-refractivity contribution >= 4 is 39.4 Å². The third kappa shape index (κ3) is 6.25. The standard InChI is InChI=1S/C19H16BrNO5/c20-16-9-7-15(8-10-16)18(22)5-2-12-26-19(23)11-6-14-3-1-4-17(13-14)21(24)25/h1,3-4,6-11,13H,2,5,12H2. The lowest BCUT2D eigenvalue weighted by molar-refractivity contribution is -0.384. The topological polar surface area (TPSA) is 86.5 Å². The monoisotopic (exact) mass is 417 g/mol. The van der Waals surface area contributed by atoms with Crippen LogP contribution in [-0.2, 0) is 9.53 Å². The summed E-state index contributed by atoms with van der Waals surface area (Å²) >= 11 is 3.31. The van der Waals surface area contributed by atoms with E-state index in [1.165, 1.54) is 30.4 Å².